The summed E-state index contributed by atoms with van der Waals surface area (Å²) in [6.45, 7) is 0. The smallest absolute Gasteiger partial charge is 0.307 e. The van der Waals surface area contributed by atoms with E-state index >= 15 is 0 Å². The molecular formula is C9H9O3. The summed E-state index contributed by atoms with van der Waals surface area (Å²) >= 11 is 0. The van der Waals surface area contributed by atoms with E-state index in [2.05, 4.69) is 0 Å². The van der Waals surface area contributed by atoms with Gasteiger partial charge in [0.15, 0.2) is 0 Å². The molecule has 3 nitrogen and oxygen atoms in total. The van der Waals surface area contributed by atoms with Crippen molar-refractivity contribution in [3.05, 3.63) is 36.2 Å². The number of benzene rings is 1. The van der Waals surface area contributed by atoms with E-state index in [0.29, 0.717) is 5.56 Å². The highest BCUT2D eigenvalue weighted by Gasteiger charge is 2.02. The summed E-state index contributed by atoms with van der Waals surface area (Å²) in [5, 5.41) is 17.5. The lowest BCUT2D eigenvalue weighted by molar-refractivity contribution is -0.133. The van der Waals surface area contributed by atoms with Crippen molar-refractivity contribution in [3.8, 4) is 5.75 Å². The van der Waals surface area contributed by atoms with E-state index in [1.54, 1.807) is 18.2 Å². The molecule has 1 rings (SSSR count). The van der Waals surface area contributed by atoms with Gasteiger partial charge < -0.3 is 10.2 Å². The summed E-state index contributed by atoms with van der Waals surface area (Å²) < 4.78 is 0. The van der Waals surface area contributed by atoms with Crippen molar-refractivity contribution in [3.63, 3.8) is 0 Å². The van der Waals surface area contributed by atoms with Crippen molar-refractivity contribution in [1.29, 1.82) is 0 Å². The molecule has 1 aromatic carbocycles. The van der Waals surface area contributed by atoms with E-state index in [-0.39, 0.29) is 12.2 Å². The van der Waals surface area contributed by atoms with Crippen molar-refractivity contribution in [2.45, 2.75) is 6.42 Å². The van der Waals surface area contributed by atoms with Crippen molar-refractivity contribution >= 4 is 5.97 Å². The van der Waals surface area contributed by atoms with Crippen LogP contribution in [0.4, 0.5) is 0 Å². The molecule has 0 aliphatic rings. The number of phenolic OH excluding ortho intramolecular Hbond substituents is 1. The molecule has 0 atom stereocenters. The molecular weight excluding hydrogens is 156 g/mol. The molecule has 12 heavy (non-hydrogen) atoms. The quantitative estimate of drug-likeness (QED) is 0.708. The number of carboxylic acids is 1. The van der Waals surface area contributed by atoms with E-state index in [1.165, 1.54) is 6.07 Å². The number of phenols is 1. The number of aliphatic carboxylic acids is 1. The van der Waals surface area contributed by atoms with Gasteiger partial charge in [-0.15, -0.1) is 0 Å². The Morgan fingerprint density at radius 1 is 1.42 bits per heavy atom. The molecule has 1 radical (unpaired) electrons. The van der Waals surface area contributed by atoms with Crippen molar-refractivity contribution in [2.24, 2.45) is 0 Å². The normalized spacial score (nSPS) is 9.67. The van der Waals surface area contributed by atoms with E-state index in [4.69, 9.17) is 5.11 Å². The van der Waals surface area contributed by atoms with Crippen LogP contribution >= 0.6 is 0 Å². The molecule has 63 valence electrons. The average molecular weight is 165 g/mol. The molecule has 3 heteroatoms. The summed E-state index contributed by atoms with van der Waals surface area (Å²) in [6.07, 6.45) is 1.36. The largest absolute Gasteiger partial charge is 0.508 e. The Kier molecular flexibility index (Phi) is 2.69. The summed E-state index contributed by atoms with van der Waals surface area (Å²) in [5.74, 6) is -0.840. The molecule has 0 bridgehead atoms. The maximum absolute atomic E-state index is 10.1. The highest BCUT2D eigenvalue weighted by molar-refractivity contribution is 5.77. The van der Waals surface area contributed by atoms with Gasteiger partial charge in [-0.05, 0) is 18.1 Å². The molecule has 0 spiro atoms. The number of rotatable bonds is 3. The summed E-state index contributed by atoms with van der Waals surface area (Å²) in [4.78, 5) is 10.1. The second kappa shape index (κ2) is 3.76. The number of hydrogen-bond acceptors (Lipinski definition) is 2. The molecule has 2 N–H and O–H groups in total. The van der Waals surface area contributed by atoms with Gasteiger partial charge in [-0.2, -0.15) is 0 Å². The van der Waals surface area contributed by atoms with Gasteiger partial charge in [0.05, 0.1) is 6.42 Å². The molecule has 0 saturated heterocycles. The molecule has 0 fully saturated rings. The molecule has 0 unspecified atom stereocenters. The van der Waals surface area contributed by atoms with Crippen molar-refractivity contribution < 1.29 is 15.0 Å². The van der Waals surface area contributed by atoms with Crippen molar-refractivity contribution in [2.75, 3.05) is 0 Å². The Morgan fingerprint density at radius 3 is 2.67 bits per heavy atom. The van der Waals surface area contributed by atoms with Gasteiger partial charge in [0.25, 0.3) is 0 Å². The second-order valence-corrected chi connectivity index (χ2v) is 2.38. The Bertz CT molecular complexity index is 281. The Balaban J connectivity index is 2.63. The van der Waals surface area contributed by atoms with E-state index in [0.717, 1.165) is 6.42 Å². The van der Waals surface area contributed by atoms with Crippen molar-refractivity contribution in [1.82, 2.24) is 0 Å². The third-order valence-electron chi connectivity index (χ3n) is 1.49. The fourth-order valence-electron chi connectivity index (χ4n) is 0.881. The summed E-state index contributed by atoms with van der Waals surface area (Å²) in [6, 6.07) is 6.67. The number of para-hydroxylation sites is 1. The first kappa shape index (κ1) is 8.59. The summed E-state index contributed by atoms with van der Waals surface area (Å²) in [5.41, 5.74) is 0.625. The fraction of sp³-hybridized carbons (Fsp3) is 0.111. The molecule has 0 aliphatic heterocycles. The first-order valence-corrected chi connectivity index (χ1v) is 3.53. The molecule has 0 saturated carbocycles. The summed E-state index contributed by atoms with van der Waals surface area (Å²) in [7, 11) is 0. The highest BCUT2D eigenvalue weighted by atomic mass is 16.4. The van der Waals surface area contributed by atoms with Crippen LogP contribution in [0.25, 0.3) is 0 Å². The first-order valence-electron chi connectivity index (χ1n) is 3.53. The average Bonchev–Trinajstić information content (AvgIpc) is 2.03. The van der Waals surface area contributed by atoms with Crippen LogP contribution in [0.3, 0.4) is 0 Å². The minimum absolute atomic E-state index is 0.134. The molecule has 1 aromatic rings. The lowest BCUT2D eigenvalue weighted by Crippen LogP contribution is -1.98. The van der Waals surface area contributed by atoms with Gasteiger partial charge in [0.2, 0.25) is 0 Å². The first-order chi connectivity index (χ1) is 5.70. The van der Waals surface area contributed by atoms with Crippen LogP contribution in [0.1, 0.15) is 5.56 Å². The minimum atomic E-state index is -0.974. The van der Waals surface area contributed by atoms with E-state index in [9.17, 15) is 9.90 Å². The van der Waals surface area contributed by atoms with Gasteiger partial charge in [-0.3, -0.25) is 4.79 Å². The van der Waals surface area contributed by atoms with Gasteiger partial charge in [-0.25, -0.2) is 0 Å². The van der Waals surface area contributed by atoms with E-state index in [1.807, 2.05) is 0 Å². The SMILES string of the molecule is O=C(O)[CH]Cc1ccccc1O. The topological polar surface area (TPSA) is 57.5 Å². The van der Waals surface area contributed by atoms with Gasteiger partial charge in [0, 0.05) is 0 Å². The number of aromatic hydroxyl groups is 1. The zero-order chi connectivity index (χ0) is 8.97. The van der Waals surface area contributed by atoms with Crippen LogP contribution < -0.4 is 0 Å². The zero-order valence-corrected chi connectivity index (χ0v) is 6.40. The van der Waals surface area contributed by atoms with Crippen LogP contribution in [0.5, 0.6) is 5.75 Å². The van der Waals surface area contributed by atoms with E-state index < -0.39 is 5.97 Å². The Morgan fingerprint density at radius 2 is 2.08 bits per heavy atom. The maximum Gasteiger partial charge on any atom is 0.307 e. The minimum Gasteiger partial charge on any atom is -0.508 e. The monoisotopic (exact) mass is 165 g/mol. The zero-order valence-electron chi connectivity index (χ0n) is 6.40. The van der Waals surface area contributed by atoms with Gasteiger partial charge >= 0.3 is 5.97 Å². The third kappa shape index (κ3) is 2.27. The Labute approximate surface area is 70.3 Å². The molecule has 0 aromatic heterocycles. The third-order valence-corrected chi connectivity index (χ3v) is 1.49. The van der Waals surface area contributed by atoms with Crippen LogP contribution in [0.2, 0.25) is 0 Å². The predicted molar refractivity (Wildman–Crippen MR) is 43.7 cm³/mol. The standard InChI is InChI=1S/C9H9O3/c10-8-4-2-1-3-7(8)5-6-9(11)12/h1-4,6,10H,5H2,(H,11,12). The van der Waals surface area contributed by atoms with Crippen LogP contribution in [0, 0.1) is 6.42 Å². The van der Waals surface area contributed by atoms with Crippen LogP contribution in [0.15, 0.2) is 24.3 Å². The lowest BCUT2D eigenvalue weighted by Gasteiger charge is -2.00. The second-order valence-electron chi connectivity index (χ2n) is 2.38. The predicted octanol–water partition coefficient (Wildman–Crippen LogP) is 1.22. The van der Waals surface area contributed by atoms with Gasteiger partial charge in [0.1, 0.15) is 5.75 Å². The van der Waals surface area contributed by atoms with Gasteiger partial charge in [-0.1, -0.05) is 18.2 Å². The van der Waals surface area contributed by atoms with Crippen LogP contribution in [-0.4, -0.2) is 16.2 Å². The number of carboxylic acid groups (broad SMARTS) is 1. The molecule has 0 heterocycles. The molecule has 0 aliphatic carbocycles. The lowest BCUT2D eigenvalue weighted by atomic mass is 10.1. The fourth-order valence-corrected chi connectivity index (χ4v) is 0.881. The molecule has 0 amide bonds. The van der Waals surface area contributed by atoms with Crippen LogP contribution in [-0.2, 0) is 11.2 Å². The number of hydrogen-bond donors (Lipinski definition) is 2. The Hall–Kier alpha value is -1.51. The maximum atomic E-state index is 10.1. The number of carbonyl (C=O) groups is 1. The highest BCUT2D eigenvalue weighted by Crippen LogP contribution is 2.16.